The highest BCUT2D eigenvalue weighted by atomic mass is 19.1. The standard InChI is InChI=1S/C25H35F2N3O2/c1-15(12-20(29-28-6)22-18(26)8-7-9-19(22)27)17-10-11-25(5,24(17,3)4)23(32)30-13-16(2)21(31)14-30/h7-9,12,15-17,21,31H,10-11,13-14H2,1-6H3/b20-12-,29-28-/t15?,16-,17?,21-,25+/m0/s1. The van der Waals surface area contributed by atoms with E-state index in [0.717, 1.165) is 12.8 Å². The molecule has 1 aliphatic heterocycles. The van der Waals surface area contributed by atoms with Crippen molar-refractivity contribution >= 4 is 11.6 Å². The van der Waals surface area contributed by atoms with Crippen LogP contribution in [0.3, 0.4) is 0 Å². The molecule has 2 aliphatic rings. The zero-order chi connectivity index (χ0) is 23.8. The van der Waals surface area contributed by atoms with Crippen molar-refractivity contribution in [1.82, 2.24) is 4.90 Å². The molecule has 1 aliphatic carbocycles. The van der Waals surface area contributed by atoms with Crippen molar-refractivity contribution in [3.63, 3.8) is 0 Å². The number of rotatable bonds is 5. The summed E-state index contributed by atoms with van der Waals surface area (Å²) in [6, 6.07) is 3.75. The molecule has 1 aromatic rings. The van der Waals surface area contributed by atoms with Crippen LogP contribution in [0.2, 0.25) is 0 Å². The maximum absolute atomic E-state index is 14.4. The first-order chi connectivity index (χ1) is 14.9. The van der Waals surface area contributed by atoms with Crippen molar-refractivity contribution in [2.75, 3.05) is 20.1 Å². The largest absolute Gasteiger partial charge is 0.391 e. The van der Waals surface area contributed by atoms with Crippen LogP contribution in [0.15, 0.2) is 34.5 Å². The molecule has 1 saturated heterocycles. The summed E-state index contributed by atoms with van der Waals surface area (Å²) in [4.78, 5) is 15.3. The Hall–Kier alpha value is -2.15. The molecule has 5 nitrogen and oxygen atoms in total. The summed E-state index contributed by atoms with van der Waals surface area (Å²) in [7, 11) is 1.47. The van der Waals surface area contributed by atoms with Gasteiger partial charge in [0.25, 0.3) is 0 Å². The number of aliphatic hydroxyl groups is 1. The fourth-order valence-electron chi connectivity index (χ4n) is 5.69. The topological polar surface area (TPSA) is 65.3 Å². The zero-order valence-corrected chi connectivity index (χ0v) is 19.9. The Labute approximate surface area is 189 Å². The van der Waals surface area contributed by atoms with Crippen LogP contribution in [0, 0.1) is 40.2 Å². The SMILES string of the molecule is C/N=N\C(=C/C(C)C1CC[C@](C)(C(=O)N2C[C@H](C)[C@@H](O)C2)C1(C)C)c1c(F)cccc1F. The summed E-state index contributed by atoms with van der Waals surface area (Å²) < 4.78 is 28.8. The van der Waals surface area contributed by atoms with Crippen molar-refractivity contribution < 1.29 is 18.7 Å². The van der Waals surface area contributed by atoms with Gasteiger partial charge >= 0.3 is 0 Å². The van der Waals surface area contributed by atoms with Crippen molar-refractivity contribution in [3.05, 3.63) is 41.5 Å². The molecule has 0 bridgehead atoms. The Morgan fingerprint density at radius 3 is 2.41 bits per heavy atom. The van der Waals surface area contributed by atoms with E-state index in [1.54, 1.807) is 11.0 Å². The van der Waals surface area contributed by atoms with Crippen molar-refractivity contribution in [3.8, 4) is 0 Å². The number of hydrogen-bond acceptors (Lipinski definition) is 4. The second-order valence-corrected chi connectivity index (χ2v) is 10.3. The second-order valence-electron chi connectivity index (χ2n) is 10.3. The predicted octanol–water partition coefficient (Wildman–Crippen LogP) is 5.31. The lowest BCUT2D eigenvalue weighted by molar-refractivity contribution is -0.147. The van der Waals surface area contributed by atoms with Crippen molar-refractivity contribution in [1.29, 1.82) is 0 Å². The Kier molecular flexibility index (Phi) is 6.89. The fourth-order valence-corrected chi connectivity index (χ4v) is 5.69. The minimum atomic E-state index is -0.678. The molecule has 0 spiro atoms. The molecule has 0 radical (unpaired) electrons. The first kappa shape index (κ1) is 24.5. The van der Waals surface area contributed by atoms with Crippen LogP contribution in [-0.4, -0.2) is 42.2 Å². The smallest absolute Gasteiger partial charge is 0.229 e. The van der Waals surface area contributed by atoms with E-state index >= 15 is 0 Å². The number of allylic oxidation sites excluding steroid dienone is 1. The van der Waals surface area contributed by atoms with Gasteiger partial charge in [0, 0.05) is 26.1 Å². The van der Waals surface area contributed by atoms with Gasteiger partial charge in [0.1, 0.15) is 11.6 Å². The minimum absolute atomic E-state index is 0.0716. The molecule has 2 fully saturated rings. The van der Waals surface area contributed by atoms with Crippen LogP contribution in [0.1, 0.15) is 53.0 Å². The molecule has 1 aromatic carbocycles. The molecule has 0 aromatic heterocycles. The van der Waals surface area contributed by atoms with E-state index in [9.17, 15) is 18.7 Å². The molecule has 32 heavy (non-hydrogen) atoms. The van der Waals surface area contributed by atoms with Gasteiger partial charge in [-0.1, -0.05) is 46.8 Å². The average molecular weight is 448 g/mol. The maximum Gasteiger partial charge on any atom is 0.229 e. The van der Waals surface area contributed by atoms with E-state index in [-0.39, 0.29) is 40.3 Å². The molecular formula is C25H35F2N3O2. The van der Waals surface area contributed by atoms with Gasteiger partial charge in [-0.2, -0.15) is 10.2 Å². The third kappa shape index (κ3) is 4.12. The highest BCUT2D eigenvalue weighted by molar-refractivity contribution is 5.84. The lowest BCUT2D eigenvalue weighted by atomic mass is 9.62. The lowest BCUT2D eigenvalue weighted by Crippen LogP contribution is -2.49. The second kappa shape index (κ2) is 9.00. The number of azo groups is 1. The fraction of sp³-hybridized carbons (Fsp3) is 0.640. The van der Waals surface area contributed by atoms with Crippen LogP contribution in [0.5, 0.6) is 0 Å². The number of hydrogen-bond donors (Lipinski definition) is 1. The number of benzene rings is 1. The average Bonchev–Trinajstić information content (AvgIpc) is 3.17. The molecule has 2 unspecified atom stereocenters. The minimum Gasteiger partial charge on any atom is -0.391 e. The number of amides is 1. The molecular weight excluding hydrogens is 412 g/mol. The molecule has 1 heterocycles. The molecule has 5 atom stereocenters. The van der Waals surface area contributed by atoms with Gasteiger partial charge in [-0.05, 0) is 42.2 Å². The molecule has 1 amide bonds. The Morgan fingerprint density at radius 2 is 1.88 bits per heavy atom. The Bertz CT molecular complexity index is 900. The van der Waals surface area contributed by atoms with E-state index in [1.807, 2.05) is 20.8 Å². The maximum atomic E-state index is 14.4. The number of β-amino-alcohol motifs (C(OH)–C–C–N with tert-alkyl or cyclic N) is 1. The molecule has 176 valence electrons. The number of nitrogens with zero attached hydrogens (tertiary/aromatic N) is 3. The van der Waals surface area contributed by atoms with Crippen LogP contribution >= 0.6 is 0 Å². The number of halogens is 2. The van der Waals surface area contributed by atoms with E-state index in [1.165, 1.54) is 25.2 Å². The van der Waals surface area contributed by atoms with Gasteiger partial charge in [-0.15, -0.1) is 0 Å². The van der Waals surface area contributed by atoms with Crippen LogP contribution in [0.4, 0.5) is 8.78 Å². The van der Waals surface area contributed by atoms with Crippen molar-refractivity contribution in [2.24, 2.45) is 38.8 Å². The number of carbonyl (C=O) groups is 1. The number of carbonyl (C=O) groups excluding carboxylic acids is 1. The first-order valence-corrected chi connectivity index (χ1v) is 11.4. The van der Waals surface area contributed by atoms with E-state index in [4.69, 9.17) is 0 Å². The van der Waals surface area contributed by atoms with E-state index in [2.05, 4.69) is 24.1 Å². The number of aliphatic hydroxyl groups excluding tert-OH is 1. The normalized spacial score (nSPS) is 31.5. The quantitative estimate of drug-likeness (QED) is 0.622. The van der Waals surface area contributed by atoms with Crippen molar-refractivity contribution in [2.45, 2.75) is 53.6 Å². The highest BCUT2D eigenvalue weighted by Crippen LogP contribution is 2.59. The summed E-state index contributed by atoms with van der Waals surface area (Å²) in [6.45, 7) is 11.1. The zero-order valence-electron chi connectivity index (χ0n) is 19.9. The van der Waals surface area contributed by atoms with Crippen LogP contribution < -0.4 is 0 Å². The molecule has 1 N–H and O–H groups in total. The highest BCUT2D eigenvalue weighted by Gasteiger charge is 2.58. The first-order valence-electron chi connectivity index (χ1n) is 11.4. The third-order valence-corrected chi connectivity index (χ3v) is 8.12. The van der Waals surface area contributed by atoms with Gasteiger partial charge in [-0.25, -0.2) is 8.78 Å². The van der Waals surface area contributed by atoms with Gasteiger partial charge in [0.15, 0.2) is 0 Å². The van der Waals surface area contributed by atoms with Crippen LogP contribution in [-0.2, 0) is 4.79 Å². The summed E-state index contributed by atoms with van der Waals surface area (Å²) in [6.07, 6.45) is 2.83. The molecule has 1 saturated carbocycles. The summed E-state index contributed by atoms with van der Waals surface area (Å²) >= 11 is 0. The van der Waals surface area contributed by atoms with Gasteiger partial charge in [-0.3, -0.25) is 4.79 Å². The van der Waals surface area contributed by atoms with Gasteiger partial charge in [0.2, 0.25) is 5.91 Å². The Balaban J connectivity index is 1.90. The third-order valence-electron chi connectivity index (χ3n) is 8.12. The van der Waals surface area contributed by atoms with Gasteiger partial charge < -0.3 is 10.0 Å². The molecule has 7 heteroatoms. The summed E-state index contributed by atoms with van der Waals surface area (Å²) in [5, 5.41) is 17.9. The Morgan fingerprint density at radius 1 is 1.25 bits per heavy atom. The van der Waals surface area contributed by atoms with Gasteiger partial charge in [0.05, 0.1) is 22.8 Å². The van der Waals surface area contributed by atoms with E-state index in [0.29, 0.717) is 13.1 Å². The number of likely N-dealkylation sites (tertiary alicyclic amines) is 1. The summed E-state index contributed by atoms with van der Waals surface area (Å²) in [5.41, 5.74) is -0.958. The van der Waals surface area contributed by atoms with Crippen LogP contribution in [0.25, 0.3) is 5.70 Å². The molecule has 3 rings (SSSR count). The monoisotopic (exact) mass is 447 g/mol. The van der Waals surface area contributed by atoms with E-state index < -0.39 is 23.2 Å². The predicted molar refractivity (Wildman–Crippen MR) is 121 cm³/mol. The lowest BCUT2D eigenvalue weighted by Gasteiger charge is -2.44. The summed E-state index contributed by atoms with van der Waals surface area (Å²) in [5.74, 6) is -1.17.